The van der Waals surface area contributed by atoms with E-state index in [-0.39, 0.29) is 22.0 Å². The zero-order chi connectivity index (χ0) is 16.6. The van der Waals surface area contributed by atoms with Gasteiger partial charge in [0.15, 0.2) is 0 Å². The van der Waals surface area contributed by atoms with Crippen LogP contribution in [0.2, 0.25) is 0 Å². The monoisotopic (exact) mass is 333 g/mol. The molecule has 0 heterocycles. The van der Waals surface area contributed by atoms with E-state index in [1.165, 1.54) is 17.7 Å². The average molecular weight is 333 g/mol. The number of nitro benzene ring substituents is 1. The third-order valence-corrected chi connectivity index (χ3v) is 5.24. The van der Waals surface area contributed by atoms with Crippen molar-refractivity contribution < 1.29 is 13.3 Å². The molecule has 8 heteroatoms. The molecule has 0 aliphatic heterocycles. The van der Waals surface area contributed by atoms with Gasteiger partial charge in [-0.2, -0.15) is 0 Å². The van der Waals surface area contributed by atoms with E-state index in [1.54, 1.807) is 12.1 Å². The molecule has 0 bridgehead atoms. The minimum atomic E-state index is -3.80. The van der Waals surface area contributed by atoms with Gasteiger partial charge in [0.25, 0.3) is 15.7 Å². The smallest absolute Gasteiger partial charge is 0.294 e. The van der Waals surface area contributed by atoms with Gasteiger partial charge in [0.2, 0.25) is 0 Å². The number of nitro groups is 1. The lowest BCUT2D eigenvalue weighted by Gasteiger charge is -2.10. The van der Waals surface area contributed by atoms with Crippen molar-refractivity contribution in [3.05, 3.63) is 57.6 Å². The first-order valence-corrected chi connectivity index (χ1v) is 8.54. The van der Waals surface area contributed by atoms with Crippen LogP contribution in [0.1, 0.15) is 17.5 Å². The highest BCUT2D eigenvalue weighted by Gasteiger charge is 2.20. The number of anilines is 2. The predicted octanol–water partition coefficient (Wildman–Crippen LogP) is 2.47. The number of nitrogen functional groups attached to an aromatic ring is 1. The number of sulfonamides is 1. The molecule has 0 aromatic heterocycles. The SMILES string of the molecule is Nc1ccc(NS(=O)(=O)c2ccc3c(c2)CCC3)cc1[N+](=O)[O-]. The fourth-order valence-electron chi connectivity index (χ4n) is 2.69. The van der Waals surface area contributed by atoms with Crippen molar-refractivity contribution >= 4 is 27.1 Å². The Morgan fingerprint density at radius 2 is 1.83 bits per heavy atom. The largest absolute Gasteiger partial charge is 0.393 e. The van der Waals surface area contributed by atoms with Crippen molar-refractivity contribution in [2.75, 3.05) is 10.5 Å². The number of nitrogens with two attached hydrogens (primary N) is 1. The zero-order valence-corrected chi connectivity index (χ0v) is 13.0. The summed E-state index contributed by atoms with van der Waals surface area (Å²) in [6, 6.07) is 8.85. The second kappa shape index (κ2) is 5.54. The quantitative estimate of drug-likeness (QED) is 0.506. The lowest BCUT2D eigenvalue weighted by Crippen LogP contribution is -2.13. The maximum absolute atomic E-state index is 12.5. The molecular weight excluding hydrogens is 318 g/mol. The van der Waals surface area contributed by atoms with Crippen LogP contribution in [-0.2, 0) is 22.9 Å². The third kappa shape index (κ3) is 2.98. The van der Waals surface area contributed by atoms with Crippen molar-refractivity contribution in [3.63, 3.8) is 0 Å². The van der Waals surface area contributed by atoms with Gasteiger partial charge in [0, 0.05) is 6.07 Å². The van der Waals surface area contributed by atoms with Gasteiger partial charge in [0.05, 0.1) is 15.5 Å². The van der Waals surface area contributed by atoms with Crippen LogP contribution in [-0.4, -0.2) is 13.3 Å². The summed E-state index contributed by atoms with van der Waals surface area (Å²) in [6.45, 7) is 0. The van der Waals surface area contributed by atoms with E-state index < -0.39 is 14.9 Å². The van der Waals surface area contributed by atoms with Crippen molar-refractivity contribution in [2.45, 2.75) is 24.2 Å². The summed E-state index contributed by atoms with van der Waals surface area (Å²) < 4.78 is 27.3. The lowest BCUT2D eigenvalue weighted by atomic mass is 10.1. The number of rotatable bonds is 4. The molecule has 120 valence electrons. The molecule has 0 radical (unpaired) electrons. The lowest BCUT2D eigenvalue weighted by molar-refractivity contribution is -0.383. The summed E-state index contributed by atoms with van der Waals surface area (Å²) >= 11 is 0. The summed E-state index contributed by atoms with van der Waals surface area (Å²) in [7, 11) is -3.80. The van der Waals surface area contributed by atoms with E-state index in [1.807, 2.05) is 6.07 Å². The molecule has 1 aliphatic carbocycles. The molecule has 0 unspecified atom stereocenters. The van der Waals surface area contributed by atoms with Gasteiger partial charge in [-0.05, 0) is 54.7 Å². The molecule has 7 nitrogen and oxygen atoms in total. The van der Waals surface area contributed by atoms with Gasteiger partial charge in [-0.25, -0.2) is 8.42 Å². The summed E-state index contributed by atoms with van der Waals surface area (Å²) in [4.78, 5) is 10.4. The number of hydrogen-bond donors (Lipinski definition) is 2. The Bertz CT molecular complexity index is 894. The van der Waals surface area contributed by atoms with Gasteiger partial charge in [-0.1, -0.05) is 6.07 Å². The second-order valence-corrected chi connectivity index (χ2v) is 7.10. The van der Waals surface area contributed by atoms with Crippen LogP contribution in [0.25, 0.3) is 0 Å². The van der Waals surface area contributed by atoms with Crippen LogP contribution < -0.4 is 10.5 Å². The Kier molecular flexibility index (Phi) is 3.69. The molecule has 2 aromatic rings. The van der Waals surface area contributed by atoms with Crippen molar-refractivity contribution in [1.82, 2.24) is 0 Å². The van der Waals surface area contributed by atoms with Gasteiger partial charge in [-0.3, -0.25) is 14.8 Å². The van der Waals surface area contributed by atoms with Crippen LogP contribution in [0.4, 0.5) is 17.1 Å². The number of hydrogen-bond acceptors (Lipinski definition) is 5. The van der Waals surface area contributed by atoms with Gasteiger partial charge in [-0.15, -0.1) is 0 Å². The number of fused-ring (bicyclic) bond motifs is 1. The molecule has 0 amide bonds. The summed E-state index contributed by atoms with van der Waals surface area (Å²) in [6.07, 6.45) is 2.86. The van der Waals surface area contributed by atoms with Crippen LogP contribution in [0, 0.1) is 10.1 Å². The van der Waals surface area contributed by atoms with Crippen molar-refractivity contribution in [3.8, 4) is 0 Å². The number of nitrogens with one attached hydrogen (secondary N) is 1. The van der Waals surface area contributed by atoms with Crippen LogP contribution in [0.15, 0.2) is 41.3 Å². The van der Waals surface area contributed by atoms with Gasteiger partial charge < -0.3 is 5.73 Å². The van der Waals surface area contributed by atoms with Crippen molar-refractivity contribution in [1.29, 1.82) is 0 Å². The maximum atomic E-state index is 12.5. The molecule has 0 saturated heterocycles. The van der Waals surface area contributed by atoms with E-state index >= 15 is 0 Å². The van der Waals surface area contributed by atoms with Crippen LogP contribution in [0.3, 0.4) is 0 Å². The standard InChI is InChI=1S/C15H15N3O4S/c16-14-7-5-12(9-15(14)18(19)20)17-23(21,22)13-6-4-10-2-1-3-11(10)8-13/h4-9,17H,1-3,16H2. The number of nitrogens with zero attached hydrogens (tertiary/aromatic N) is 1. The van der Waals surface area contributed by atoms with Crippen LogP contribution in [0.5, 0.6) is 0 Å². The first-order valence-electron chi connectivity index (χ1n) is 7.05. The first kappa shape index (κ1) is 15.3. The molecule has 1 aliphatic rings. The fraction of sp³-hybridized carbons (Fsp3) is 0.200. The van der Waals surface area contributed by atoms with E-state index in [4.69, 9.17) is 5.73 Å². The second-order valence-electron chi connectivity index (χ2n) is 5.42. The van der Waals surface area contributed by atoms with E-state index in [0.29, 0.717) is 0 Å². The Labute approximate surface area is 133 Å². The highest BCUT2D eigenvalue weighted by molar-refractivity contribution is 7.92. The highest BCUT2D eigenvalue weighted by Crippen LogP contribution is 2.28. The molecule has 3 N–H and O–H groups in total. The van der Waals surface area contributed by atoms with Crippen molar-refractivity contribution in [2.24, 2.45) is 0 Å². The number of benzene rings is 2. The first-order chi connectivity index (χ1) is 10.9. The molecule has 0 spiro atoms. The third-order valence-electron chi connectivity index (χ3n) is 3.86. The Hall–Kier alpha value is -2.61. The molecule has 0 saturated carbocycles. The Morgan fingerprint density at radius 1 is 1.09 bits per heavy atom. The van der Waals surface area contributed by atoms with Crippen LogP contribution >= 0.6 is 0 Å². The molecule has 23 heavy (non-hydrogen) atoms. The molecule has 0 fully saturated rings. The molecule has 3 rings (SSSR count). The minimum absolute atomic E-state index is 0.0181. The average Bonchev–Trinajstić information content (AvgIpc) is 2.96. The molecular formula is C15H15N3O4S. The van der Waals surface area contributed by atoms with Gasteiger partial charge in [0.1, 0.15) is 5.69 Å². The molecule has 2 aromatic carbocycles. The number of aryl methyl sites for hydroxylation is 2. The zero-order valence-electron chi connectivity index (χ0n) is 12.2. The highest BCUT2D eigenvalue weighted by atomic mass is 32.2. The Morgan fingerprint density at radius 3 is 2.57 bits per heavy atom. The minimum Gasteiger partial charge on any atom is -0.393 e. The van der Waals surface area contributed by atoms with E-state index in [0.717, 1.165) is 30.9 Å². The van der Waals surface area contributed by atoms with E-state index in [2.05, 4.69) is 4.72 Å². The van der Waals surface area contributed by atoms with E-state index in [9.17, 15) is 18.5 Å². The topological polar surface area (TPSA) is 115 Å². The van der Waals surface area contributed by atoms with Gasteiger partial charge >= 0.3 is 0 Å². The molecule has 0 atom stereocenters. The predicted molar refractivity (Wildman–Crippen MR) is 86.8 cm³/mol. The summed E-state index contributed by atoms with van der Waals surface area (Å²) in [5.74, 6) is 0. The maximum Gasteiger partial charge on any atom is 0.294 e. The Balaban J connectivity index is 1.92. The normalized spacial score (nSPS) is 13.6. The fourth-order valence-corrected chi connectivity index (χ4v) is 3.79. The summed E-state index contributed by atoms with van der Waals surface area (Å²) in [5, 5.41) is 10.9. The summed E-state index contributed by atoms with van der Waals surface area (Å²) in [5.41, 5.74) is 7.47.